The molecule has 1 aromatic heterocycles. The van der Waals surface area contributed by atoms with Crippen molar-refractivity contribution in [2.75, 3.05) is 0 Å². The minimum atomic E-state index is -1.10. The van der Waals surface area contributed by atoms with Crippen LogP contribution in [-0.4, -0.2) is 20.6 Å². The van der Waals surface area contributed by atoms with Gasteiger partial charge >= 0.3 is 5.97 Å². The molecule has 0 unspecified atom stereocenters. The monoisotopic (exact) mass is 296 g/mol. The summed E-state index contributed by atoms with van der Waals surface area (Å²) in [6, 6.07) is 13.5. The average molecular weight is 296 g/mol. The first-order valence-electron chi connectivity index (χ1n) is 6.70. The van der Waals surface area contributed by atoms with E-state index in [9.17, 15) is 14.3 Å². The van der Waals surface area contributed by atoms with E-state index in [0.29, 0.717) is 11.5 Å². The topological polar surface area (TPSA) is 55.1 Å². The van der Waals surface area contributed by atoms with E-state index in [1.54, 1.807) is 16.7 Å². The number of hydrogen-bond acceptors (Lipinski definition) is 2. The van der Waals surface area contributed by atoms with Gasteiger partial charge in [0.15, 0.2) is 5.69 Å². The number of carbonyl (C=O) groups is 1. The van der Waals surface area contributed by atoms with Gasteiger partial charge in [-0.2, -0.15) is 0 Å². The maximum absolute atomic E-state index is 13.1. The van der Waals surface area contributed by atoms with Gasteiger partial charge in [0.2, 0.25) is 0 Å². The summed E-state index contributed by atoms with van der Waals surface area (Å²) in [6.07, 6.45) is 1.44. The summed E-state index contributed by atoms with van der Waals surface area (Å²) < 4.78 is 14.7. The summed E-state index contributed by atoms with van der Waals surface area (Å²) in [6.45, 7) is 1.95. The first-order valence-corrected chi connectivity index (χ1v) is 6.70. The molecule has 0 aliphatic heterocycles. The molecule has 0 amide bonds. The van der Waals surface area contributed by atoms with E-state index in [1.165, 1.54) is 18.3 Å². The summed E-state index contributed by atoms with van der Waals surface area (Å²) in [5.74, 6) is -0.943. The van der Waals surface area contributed by atoms with Crippen molar-refractivity contribution in [2.24, 2.45) is 0 Å². The zero-order valence-corrected chi connectivity index (χ0v) is 11.8. The van der Waals surface area contributed by atoms with Crippen molar-refractivity contribution in [2.45, 2.75) is 6.92 Å². The van der Waals surface area contributed by atoms with Crippen molar-refractivity contribution in [3.05, 3.63) is 71.8 Å². The molecule has 0 atom stereocenters. The summed E-state index contributed by atoms with van der Waals surface area (Å²) >= 11 is 0. The largest absolute Gasteiger partial charge is 0.476 e. The minimum absolute atomic E-state index is 0.0548. The molecular formula is C17H13FN2O2. The van der Waals surface area contributed by atoms with Crippen LogP contribution in [0.15, 0.2) is 54.7 Å². The van der Waals surface area contributed by atoms with Crippen LogP contribution in [0.1, 0.15) is 16.1 Å². The molecule has 0 bridgehead atoms. The number of aryl methyl sites for hydroxylation is 1. The van der Waals surface area contributed by atoms with Crippen LogP contribution in [0.3, 0.4) is 0 Å². The van der Waals surface area contributed by atoms with Crippen LogP contribution in [0.2, 0.25) is 0 Å². The highest BCUT2D eigenvalue weighted by Gasteiger charge is 2.16. The minimum Gasteiger partial charge on any atom is -0.476 e. The van der Waals surface area contributed by atoms with E-state index < -0.39 is 5.97 Å². The molecule has 2 aromatic carbocycles. The van der Waals surface area contributed by atoms with Crippen molar-refractivity contribution in [1.29, 1.82) is 0 Å². The Bertz CT molecular complexity index is 838. The van der Waals surface area contributed by atoms with E-state index >= 15 is 0 Å². The normalized spacial score (nSPS) is 10.6. The second-order valence-electron chi connectivity index (χ2n) is 4.97. The lowest BCUT2D eigenvalue weighted by molar-refractivity contribution is 0.0691. The Labute approximate surface area is 126 Å². The molecule has 0 saturated heterocycles. The maximum atomic E-state index is 13.1. The Morgan fingerprint density at radius 2 is 1.91 bits per heavy atom. The predicted molar refractivity (Wildman–Crippen MR) is 80.7 cm³/mol. The fourth-order valence-electron chi connectivity index (χ4n) is 2.27. The Hall–Kier alpha value is -2.95. The third kappa shape index (κ3) is 2.61. The zero-order chi connectivity index (χ0) is 15.7. The summed E-state index contributed by atoms with van der Waals surface area (Å²) in [4.78, 5) is 15.4. The lowest BCUT2D eigenvalue weighted by Crippen LogP contribution is -1.96. The van der Waals surface area contributed by atoms with E-state index in [4.69, 9.17) is 0 Å². The van der Waals surface area contributed by atoms with Gasteiger partial charge in [0.25, 0.3) is 0 Å². The molecule has 22 heavy (non-hydrogen) atoms. The highest BCUT2D eigenvalue weighted by atomic mass is 19.1. The molecule has 0 spiro atoms. The van der Waals surface area contributed by atoms with Gasteiger partial charge in [-0.05, 0) is 37.3 Å². The second kappa shape index (κ2) is 5.44. The van der Waals surface area contributed by atoms with Crippen molar-refractivity contribution in [3.8, 4) is 17.1 Å². The number of halogens is 1. The molecule has 0 aliphatic rings. The number of imidazole rings is 1. The van der Waals surface area contributed by atoms with Gasteiger partial charge in [-0.1, -0.05) is 23.8 Å². The number of rotatable bonds is 3. The molecule has 1 heterocycles. The van der Waals surface area contributed by atoms with E-state index in [0.717, 1.165) is 11.1 Å². The fourth-order valence-corrected chi connectivity index (χ4v) is 2.27. The van der Waals surface area contributed by atoms with Crippen LogP contribution in [0.4, 0.5) is 4.39 Å². The average Bonchev–Trinajstić information content (AvgIpc) is 2.93. The molecule has 0 saturated carbocycles. The molecule has 0 radical (unpaired) electrons. The molecule has 5 heteroatoms. The fraction of sp³-hybridized carbons (Fsp3) is 0.0588. The van der Waals surface area contributed by atoms with Gasteiger partial charge in [0.1, 0.15) is 11.6 Å². The smallest absolute Gasteiger partial charge is 0.356 e. The maximum Gasteiger partial charge on any atom is 0.356 e. The molecule has 3 rings (SSSR count). The van der Waals surface area contributed by atoms with Gasteiger partial charge in [-0.15, -0.1) is 0 Å². The molecule has 1 N–H and O–H groups in total. The highest BCUT2D eigenvalue weighted by molar-refractivity contribution is 5.86. The van der Waals surface area contributed by atoms with Gasteiger partial charge in [-0.25, -0.2) is 14.2 Å². The summed E-state index contributed by atoms with van der Waals surface area (Å²) in [7, 11) is 0. The number of carboxylic acids is 1. The lowest BCUT2D eigenvalue weighted by Gasteiger charge is -2.08. The van der Waals surface area contributed by atoms with Gasteiger partial charge in [-0.3, -0.25) is 4.57 Å². The van der Waals surface area contributed by atoms with Gasteiger partial charge < -0.3 is 5.11 Å². The number of hydrogen-bond donors (Lipinski definition) is 1. The van der Waals surface area contributed by atoms with Crippen LogP contribution >= 0.6 is 0 Å². The number of aromatic carboxylic acids is 1. The Kier molecular flexibility index (Phi) is 3.47. The van der Waals surface area contributed by atoms with Crippen LogP contribution in [-0.2, 0) is 0 Å². The van der Waals surface area contributed by atoms with E-state index in [2.05, 4.69) is 4.98 Å². The molecule has 4 nitrogen and oxygen atoms in total. The van der Waals surface area contributed by atoms with Crippen molar-refractivity contribution in [3.63, 3.8) is 0 Å². The number of carboxylic acid groups (broad SMARTS) is 1. The summed E-state index contributed by atoms with van der Waals surface area (Å²) in [5, 5.41) is 9.18. The van der Waals surface area contributed by atoms with Gasteiger partial charge in [0.05, 0.1) is 0 Å². The number of nitrogens with zero attached hydrogens (tertiary/aromatic N) is 2. The van der Waals surface area contributed by atoms with Crippen molar-refractivity contribution in [1.82, 2.24) is 9.55 Å². The zero-order valence-electron chi connectivity index (χ0n) is 11.8. The third-order valence-corrected chi connectivity index (χ3v) is 3.31. The van der Waals surface area contributed by atoms with E-state index in [1.807, 2.05) is 31.2 Å². The van der Waals surface area contributed by atoms with Gasteiger partial charge in [0, 0.05) is 17.4 Å². The molecule has 3 aromatic rings. The highest BCUT2D eigenvalue weighted by Crippen LogP contribution is 2.24. The second-order valence-corrected chi connectivity index (χ2v) is 4.97. The SMILES string of the molecule is Cc1cccc(-c2nc(C(=O)O)cn2-c2ccc(F)cc2)c1. The molecule has 0 aliphatic carbocycles. The van der Waals surface area contributed by atoms with E-state index in [-0.39, 0.29) is 11.5 Å². The quantitative estimate of drug-likeness (QED) is 0.802. The molecule has 110 valence electrons. The van der Waals surface area contributed by atoms with Crippen LogP contribution in [0.25, 0.3) is 17.1 Å². The first-order chi connectivity index (χ1) is 10.5. The number of benzene rings is 2. The third-order valence-electron chi connectivity index (χ3n) is 3.31. The Balaban J connectivity index is 2.20. The predicted octanol–water partition coefficient (Wildman–Crippen LogP) is 3.69. The standard InChI is InChI=1S/C17H13FN2O2/c1-11-3-2-4-12(9-11)16-19-15(17(21)22)10-20(16)14-7-5-13(18)6-8-14/h2-10H,1H3,(H,21,22). The van der Waals surface area contributed by atoms with Crippen LogP contribution in [0, 0.1) is 12.7 Å². The Morgan fingerprint density at radius 1 is 1.18 bits per heavy atom. The first kappa shape index (κ1) is 14.0. The molecule has 0 fully saturated rings. The lowest BCUT2D eigenvalue weighted by atomic mass is 10.1. The van der Waals surface area contributed by atoms with Crippen molar-refractivity contribution < 1.29 is 14.3 Å². The van der Waals surface area contributed by atoms with Crippen molar-refractivity contribution >= 4 is 5.97 Å². The molecular weight excluding hydrogens is 283 g/mol. The van der Waals surface area contributed by atoms with Crippen LogP contribution < -0.4 is 0 Å². The number of aromatic nitrogens is 2. The van der Waals surface area contributed by atoms with Crippen LogP contribution in [0.5, 0.6) is 0 Å². The summed E-state index contributed by atoms with van der Waals surface area (Å²) in [5.41, 5.74) is 2.44. The Morgan fingerprint density at radius 3 is 2.55 bits per heavy atom.